The molecule has 1 fully saturated rings. The Labute approximate surface area is 90.7 Å². The maximum Gasteiger partial charge on any atom is 0.235 e. The van der Waals surface area contributed by atoms with Crippen molar-refractivity contribution in [2.24, 2.45) is 5.73 Å². The van der Waals surface area contributed by atoms with Gasteiger partial charge in [-0.05, 0) is 33.1 Å². The van der Waals surface area contributed by atoms with Gasteiger partial charge in [-0.15, -0.1) is 0 Å². The summed E-state index contributed by atoms with van der Waals surface area (Å²) >= 11 is 0. The maximum absolute atomic E-state index is 11.9. The molecule has 1 aliphatic heterocycles. The number of amides is 1. The molecule has 5 nitrogen and oxygen atoms in total. The minimum atomic E-state index is -3.38. The third-order valence-electron chi connectivity index (χ3n) is 2.54. The number of hydrogen-bond acceptors (Lipinski definition) is 3. The monoisotopic (exact) mass is 233 g/mol. The number of carbonyl (C=O) groups excluding carboxylic acids is 1. The van der Waals surface area contributed by atoms with E-state index in [0.717, 1.165) is 0 Å². The van der Waals surface area contributed by atoms with Crippen molar-refractivity contribution in [2.45, 2.75) is 38.0 Å². The van der Waals surface area contributed by atoms with Crippen LogP contribution in [0, 0.1) is 6.42 Å². The summed E-state index contributed by atoms with van der Waals surface area (Å²) in [5.41, 5.74) is 5.19. The molecule has 87 valence electrons. The number of rotatable bonds is 3. The summed E-state index contributed by atoms with van der Waals surface area (Å²) in [5.74, 6) is -0.574. The lowest BCUT2D eigenvalue weighted by Gasteiger charge is -2.33. The molecule has 1 atom stereocenters. The predicted octanol–water partition coefficient (Wildman–Crippen LogP) is -0.121. The molecule has 0 bridgehead atoms. The fourth-order valence-corrected chi connectivity index (χ4v) is 3.05. The van der Waals surface area contributed by atoms with Crippen molar-refractivity contribution in [1.82, 2.24) is 4.31 Å². The lowest BCUT2D eigenvalue weighted by atomic mass is 10.0. The molecule has 15 heavy (non-hydrogen) atoms. The van der Waals surface area contributed by atoms with Gasteiger partial charge >= 0.3 is 0 Å². The Morgan fingerprint density at radius 2 is 2.13 bits per heavy atom. The van der Waals surface area contributed by atoms with Gasteiger partial charge in [0, 0.05) is 6.54 Å². The van der Waals surface area contributed by atoms with E-state index >= 15 is 0 Å². The average molecular weight is 233 g/mol. The third-order valence-corrected chi connectivity index (χ3v) is 4.82. The van der Waals surface area contributed by atoms with E-state index in [9.17, 15) is 13.2 Å². The average Bonchev–Trinajstić information content (AvgIpc) is 2.17. The molecule has 0 aromatic heterocycles. The number of primary amides is 1. The number of carbonyl (C=O) groups is 1. The van der Waals surface area contributed by atoms with Crippen molar-refractivity contribution in [3.05, 3.63) is 6.42 Å². The lowest BCUT2D eigenvalue weighted by molar-refractivity contribution is -0.122. The van der Waals surface area contributed by atoms with Crippen LogP contribution in [-0.4, -0.2) is 36.5 Å². The Morgan fingerprint density at radius 3 is 2.60 bits per heavy atom. The molecule has 1 heterocycles. The summed E-state index contributed by atoms with van der Waals surface area (Å²) in [6.45, 7) is 3.56. The second-order valence-electron chi connectivity index (χ2n) is 3.94. The van der Waals surface area contributed by atoms with Crippen LogP contribution in [0.15, 0.2) is 0 Å². The molecule has 0 aromatic rings. The van der Waals surface area contributed by atoms with E-state index in [2.05, 4.69) is 0 Å². The van der Waals surface area contributed by atoms with Crippen LogP contribution in [0.3, 0.4) is 0 Å². The number of hydrogen-bond donors (Lipinski definition) is 1. The Bertz CT molecular complexity index is 337. The molecule has 0 aromatic carbocycles. The molecule has 1 saturated heterocycles. The molecule has 1 unspecified atom stereocenters. The van der Waals surface area contributed by atoms with Crippen LogP contribution in [0.25, 0.3) is 0 Å². The fourth-order valence-electron chi connectivity index (χ4n) is 1.60. The van der Waals surface area contributed by atoms with Crippen LogP contribution in [0.1, 0.15) is 26.7 Å². The van der Waals surface area contributed by atoms with E-state index in [1.54, 1.807) is 13.8 Å². The highest BCUT2D eigenvalue weighted by Crippen LogP contribution is 2.21. The summed E-state index contributed by atoms with van der Waals surface area (Å²) < 4.78 is 25.0. The minimum absolute atomic E-state index is 0.355. The smallest absolute Gasteiger partial charge is 0.235 e. The molecule has 6 heteroatoms. The van der Waals surface area contributed by atoms with Gasteiger partial charge in [-0.2, -0.15) is 4.31 Å². The first-order valence-electron chi connectivity index (χ1n) is 4.99. The molecule has 0 aliphatic carbocycles. The van der Waals surface area contributed by atoms with Gasteiger partial charge in [-0.3, -0.25) is 4.79 Å². The van der Waals surface area contributed by atoms with Gasteiger partial charge in [0.2, 0.25) is 15.9 Å². The van der Waals surface area contributed by atoms with Crippen molar-refractivity contribution in [1.29, 1.82) is 0 Å². The number of nitrogens with two attached hydrogens (primary N) is 1. The van der Waals surface area contributed by atoms with Gasteiger partial charge in [0.15, 0.2) is 0 Å². The van der Waals surface area contributed by atoms with Crippen LogP contribution >= 0.6 is 0 Å². The molecule has 1 radical (unpaired) electrons. The van der Waals surface area contributed by atoms with E-state index in [1.807, 2.05) is 6.42 Å². The fraction of sp³-hybridized carbons (Fsp3) is 0.778. The molecule has 1 amide bonds. The van der Waals surface area contributed by atoms with Crippen molar-refractivity contribution < 1.29 is 13.2 Å². The molecule has 0 spiro atoms. The van der Waals surface area contributed by atoms with E-state index in [0.29, 0.717) is 19.4 Å². The molecular weight excluding hydrogens is 216 g/mol. The Balaban J connectivity index is 2.95. The van der Waals surface area contributed by atoms with Crippen molar-refractivity contribution in [2.75, 3.05) is 6.54 Å². The summed E-state index contributed by atoms with van der Waals surface area (Å²) in [6.07, 6.45) is 3.00. The number of piperidine rings is 1. The highest BCUT2D eigenvalue weighted by atomic mass is 32.2. The van der Waals surface area contributed by atoms with Crippen molar-refractivity contribution in [3.8, 4) is 0 Å². The molecular formula is C9H17N2O3S. The first-order chi connectivity index (χ1) is 6.87. The van der Waals surface area contributed by atoms with Crippen LogP contribution in [0.5, 0.6) is 0 Å². The number of sulfonamides is 1. The Hall–Kier alpha value is -0.620. The van der Waals surface area contributed by atoms with Crippen LogP contribution in [0.2, 0.25) is 0 Å². The quantitative estimate of drug-likeness (QED) is 0.738. The summed E-state index contributed by atoms with van der Waals surface area (Å²) in [5, 5.41) is -0.516. The Morgan fingerprint density at radius 1 is 1.53 bits per heavy atom. The zero-order valence-electron chi connectivity index (χ0n) is 9.01. The lowest BCUT2D eigenvalue weighted by Crippen LogP contribution is -2.52. The van der Waals surface area contributed by atoms with Crippen LogP contribution in [-0.2, 0) is 14.8 Å². The van der Waals surface area contributed by atoms with Gasteiger partial charge < -0.3 is 5.73 Å². The van der Waals surface area contributed by atoms with E-state index < -0.39 is 27.2 Å². The van der Waals surface area contributed by atoms with Gasteiger partial charge in [-0.25, -0.2) is 8.42 Å². The Kier molecular flexibility index (Phi) is 3.72. The first kappa shape index (κ1) is 12.4. The highest BCUT2D eigenvalue weighted by Gasteiger charge is 2.36. The summed E-state index contributed by atoms with van der Waals surface area (Å²) in [7, 11) is -3.38. The van der Waals surface area contributed by atoms with Gasteiger partial charge in [0.1, 0.15) is 6.04 Å². The summed E-state index contributed by atoms with van der Waals surface area (Å²) in [6, 6.07) is -0.703. The van der Waals surface area contributed by atoms with Crippen molar-refractivity contribution in [3.63, 3.8) is 0 Å². The van der Waals surface area contributed by atoms with Crippen LogP contribution in [0.4, 0.5) is 0 Å². The second-order valence-corrected chi connectivity index (χ2v) is 6.38. The topological polar surface area (TPSA) is 80.5 Å². The summed E-state index contributed by atoms with van der Waals surface area (Å²) in [4.78, 5) is 11.1. The molecule has 1 aliphatic rings. The predicted molar refractivity (Wildman–Crippen MR) is 57.3 cm³/mol. The zero-order valence-corrected chi connectivity index (χ0v) is 9.83. The normalized spacial score (nSPS) is 24.3. The third kappa shape index (κ3) is 2.49. The number of nitrogens with zero attached hydrogens (tertiary/aromatic N) is 1. The minimum Gasteiger partial charge on any atom is -0.368 e. The van der Waals surface area contributed by atoms with Gasteiger partial charge in [-0.1, -0.05) is 0 Å². The standard InChI is InChI=1S/C9H17N2O3S/c1-7(2)15(13,14)11-6-4-3-5-8(11)9(10)12/h3,7-8H,4-6H2,1-2H3,(H2,10,12). The zero-order chi connectivity index (χ0) is 11.6. The van der Waals surface area contributed by atoms with E-state index in [-0.39, 0.29) is 0 Å². The maximum atomic E-state index is 11.9. The van der Waals surface area contributed by atoms with Gasteiger partial charge in [0.05, 0.1) is 5.25 Å². The molecule has 0 saturated carbocycles. The second kappa shape index (κ2) is 4.49. The highest BCUT2D eigenvalue weighted by molar-refractivity contribution is 7.89. The SMILES string of the molecule is CC(C)S(=O)(=O)N1CC[CH]CC1C(N)=O. The van der Waals surface area contributed by atoms with Crippen LogP contribution < -0.4 is 5.73 Å². The van der Waals surface area contributed by atoms with E-state index in [1.165, 1.54) is 4.31 Å². The first-order valence-corrected chi connectivity index (χ1v) is 6.49. The van der Waals surface area contributed by atoms with E-state index in [4.69, 9.17) is 5.73 Å². The largest absolute Gasteiger partial charge is 0.368 e. The molecule has 2 N–H and O–H groups in total. The molecule has 1 rings (SSSR count). The van der Waals surface area contributed by atoms with Crippen molar-refractivity contribution >= 4 is 15.9 Å². The van der Waals surface area contributed by atoms with Gasteiger partial charge in [0.25, 0.3) is 0 Å².